The fourth-order valence-electron chi connectivity index (χ4n) is 2.30. The number of hydrogen-bond donors (Lipinski definition) is 1. The molecular weight excluding hydrogens is 401 g/mol. The molecule has 1 N–H and O–H groups in total. The maximum absolute atomic E-state index is 12.2. The first kappa shape index (κ1) is 22.1. The van der Waals surface area contributed by atoms with E-state index >= 15 is 0 Å². The molecule has 0 fully saturated rings. The average Bonchev–Trinajstić information content (AvgIpc) is 2.61. The lowest BCUT2D eigenvalue weighted by atomic mass is 9.87. The summed E-state index contributed by atoms with van der Waals surface area (Å²) in [6.45, 7) is 7.51. The van der Waals surface area contributed by atoms with Gasteiger partial charge in [-0.3, -0.25) is 4.79 Å². The number of nitrogens with one attached hydrogen (secondary N) is 1. The van der Waals surface area contributed by atoms with E-state index in [2.05, 4.69) is 26.1 Å². The molecule has 1 amide bonds. The van der Waals surface area contributed by atoms with Crippen LogP contribution in [-0.2, 0) is 19.7 Å². The lowest BCUT2D eigenvalue weighted by Crippen LogP contribution is -2.31. The normalized spacial score (nSPS) is 12.2. The van der Waals surface area contributed by atoms with E-state index in [-0.39, 0.29) is 12.0 Å². The van der Waals surface area contributed by atoms with Crippen molar-refractivity contribution in [2.75, 3.05) is 11.9 Å². The number of benzene rings is 2. The van der Waals surface area contributed by atoms with Crippen molar-refractivity contribution in [3.63, 3.8) is 0 Å². The molecule has 0 aliphatic rings. The van der Waals surface area contributed by atoms with Gasteiger partial charge in [0.15, 0.2) is 12.7 Å². The molecule has 0 aliphatic carbocycles. The molecular formula is C21H23Cl2NO4. The van der Waals surface area contributed by atoms with Gasteiger partial charge in [-0.25, -0.2) is 4.79 Å². The molecule has 2 aromatic rings. The van der Waals surface area contributed by atoms with Gasteiger partial charge in [0.05, 0.1) is 10.7 Å². The molecule has 0 saturated carbocycles. The Bertz CT molecular complexity index is 844. The van der Waals surface area contributed by atoms with Crippen molar-refractivity contribution < 1.29 is 19.1 Å². The van der Waals surface area contributed by atoms with E-state index in [0.29, 0.717) is 21.5 Å². The standard InChI is InChI=1S/C21H23Cl2NO4/c1-13(20(26)24-18-10-7-15(22)11-17(18)23)28-19(25)12-27-16-8-5-14(6-9-16)21(2,3)4/h5-11,13H,12H2,1-4H3,(H,24,26). The highest BCUT2D eigenvalue weighted by molar-refractivity contribution is 6.36. The van der Waals surface area contributed by atoms with Crippen LogP contribution in [0.25, 0.3) is 0 Å². The Kier molecular flexibility index (Phi) is 7.33. The summed E-state index contributed by atoms with van der Waals surface area (Å²) in [5.41, 5.74) is 1.58. The van der Waals surface area contributed by atoms with Crippen LogP contribution in [0.3, 0.4) is 0 Å². The van der Waals surface area contributed by atoms with Crippen LogP contribution in [0.2, 0.25) is 10.0 Å². The van der Waals surface area contributed by atoms with Crippen molar-refractivity contribution in [1.29, 1.82) is 0 Å². The van der Waals surface area contributed by atoms with Crippen molar-refractivity contribution in [1.82, 2.24) is 0 Å². The zero-order valence-corrected chi connectivity index (χ0v) is 17.7. The van der Waals surface area contributed by atoms with Gasteiger partial charge >= 0.3 is 5.97 Å². The lowest BCUT2D eigenvalue weighted by molar-refractivity contribution is -0.155. The summed E-state index contributed by atoms with van der Waals surface area (Å²) in [7, 11) is 0. The summed E-state index contributed by atoms with van der Waals surface area (Å²) in [4.78, 5) is 24.1. The number of amides is 1. The topological polar surface area (TPSA) is 64.6 Å². The van der Waals surface area contributed by atoms with Gasteiger partial charge in [0, 0.05) is 5.02 Å². The van der Waals surface area contributed by atoms with E-state index in [9.17, 15) is 9.59 Å². The SMILES string of the molecule is CC(OC(=O)COc1ccc(C(C)(C)C)cc1)C(=O)Nc1ccc(Cl)cc1Cl. The van der Waals surface area contributed by atoms with E-state index in [1.54, 1.807) is 24.3 Å². The monoisotopic (exact) mass is 423 g/mol. The van der Waals surface area contributed by atoms with Crippen LogP contribution in [0.4, 0.5) is 5.69 Å². The van der Waals surface area contributed by atoms with E-state index in [1.165, 1.54) is 13.0 Å². The van der Waals surface area contributed by atoms with Gasteiger partial charge in [-0.2, -0.15) is 0 Å². The molecule has 5 nitrogen and oxygen atoms in total. The molecule has 1 unspecified atom stereocenters. The summed E-state index contributed by atoms with van der Waals surface area (Å²) in [6, 6.07) is 12.2. The molecule has 28 heavy (non-hydrogen) atoms. The summed E-state index contributed by atoms with van der Waals surface area (Å²) < 4.78 is 10.5. The van der Waals surface area contributed by atoms with Crippen LogP contribution < -0.4 is 10.1 Å². The van der Waals surface area contributed by atoms with E-state index < -0.39 is 18.0 Å². The van der Waals surface area contributed by atoms with E-state index in [1.807, 2.05) is 12.1 Å². The zero-order chi connectivity index (χ0) is 20.9. The van der Waals surface area contributed by atoms with Crippen LogP contribution in [0.15, 0.2) is 42.5 Å². The average molecular weight is 424 g/mol. The van der Waals surface area contributed by atoms with Gasteiger partial charge in [-0.15, -0.1) is 0 Å². The second-order valence-electron chi connectivity index (χ2n) is 7.31. The first-order valence-corrected chi connectivity index (χ1v) is 9.50. The zero-order valence-electron chi connectivity index (χ0n) is 16.2. The summed E-state index contributed by atoms with van der Waals surface area (Å²) in [5, 5.41) is 3.34. The van der Waals surface area contributed by atoms with Crippen LogP contribution in [0, 0.1) is 0 Å². The molecule has 150 valence electrons. The van der Waals surface area contributed by atoms with Gasteiger partial charge in [0.25, 0.3) is 5.91 Å². The van der Waals surface area contributed by atoms with Crippen LogP contribution in [0.5, 0.6) is 5.75 Å². The highest BCUT2D eigenvalue weighted by Crippen LogP contribution is 2.26. The molecule has 0 spiro atoms. The van der Waals surface area contributed by atoms with Gasteiger partial charge in [-0.1, -0.05) is 56.1 Å². The second kappa shape index (κ2) is 9.30. The van der Waals surface area contributed by atoms with Crippen molar-refractivity contribution in [3.05, 3.63) is 58.1 Å². The number of halogens is 2. The first-order valence-electron chi connectivity index (χ1n) is 8.75. The Labute approximate surface area is 174 Å². The molecule has 0 aromatic heterocycles. The molecule has 0 aliphatic heterocycles. The molecule has 1 atom stereocenters. The maximum Gasteiger partial charge on any atom is 0.344 e. The van der Waals surface area contributed by atoms with Gasteiger partial charge in [-0.05, 0) is 48.2 Å². The maximum atomic E-state index is 12.2. The number of rotatable bonds is 6. The third-order valence-electron chi connectivity index (χ3n) is 3.94. The van der Waals surface area contributed by atoms with Gasteiger partial charge < -0.3 is 14.8 Å². The quantitative estimate of drug-likeness (QED) is 0.645. The van der Waals surface area contributed by atoms with Crippen LogP contribution in [-0.4, -0.2) is 24.6 Å². The minimum Gasteiger partial charge on any atom is -0.482 e. The molecule has 2 rings (SSSR count). The summed E-state index contributed by atoms with van der Waals surface area (Å²) in [6.07, 6.45) is -1.01. The van der Waals surface area contributed by atoms with Crippen molar-refractivity contribution in [2.45, 2.75) is 39.2 Å². The van der Waals surface area contributed by atoms with E-state index in [0.717, 1.165) is 5.56 Å². The fraction of sp³-hybridized carbons (Fsp3) is 0.333. The number of carbonyl (C=O) groups is 2. The number of hydrogen-bond acceptors (Lipinski definition) is 4. The van der Waals surface area contributed by atoms with Crippen molar-refractivity contribution in [2.24, 2.45) is 0 Å². The minimum absolute atomic E-state index is 0.0350. The number of ether oxygens (including phenoxy) is 2. The smallest absolute Gasteiger partial charge is 0.344 e. The number of esters is 1. The highest BCUT2D eigenvalue weighted by atomic mass is 35.5. The first-order chi connectivity index (χ1) is 13.1. The fourth-order valence-corrected chi connectivity index (χ4v) is 2.76. The Morgan fingerprint density at radius 1 is 1.07 bits per heavy atom. The predicted molar refractivity (Wildman–Crippen MR) is 111 cm³/mol. The Morgan fingerprint density at radius 3 is 2.29 bits per heavy atom. The molecule has 0 heterocycles. The lowest BCUT2D eigenvalue weighted by Gasteiger charge is -2.19. The summed E-state index contributed by atoms with van der Waals surface area (Å²) >= 11 is 11.8. The van der Waals surface area contributed by atoms with Crippen molar-refractivity contribution in [3.8, 4) is 5.75 Å². The molecule has 7 heteroatoms. The molecule has 0 saturated heterocycles. The van der Waals surface area contributed by atoms with Crippen molar-refractivity contribution >= 4 is 40.8 Å². The molecule has 0 radical (unpaired) electrons. The largest absolute Gasteiger partial charge is 0.482 e. The summed E-state index contributed by atoms with van der Waals surface area (Å²) in [5.74, 6) is -0.605. The van der Waals surface area contributed by atoms with Gasteiger partial charge in [0.1, 0.15) is 5.75 Å². The highest BCUT2D eigenvalue weighted by Gasteiger charge is 2.19. The Balaban J connectivity index is 1.84. The second-order valence-corrected chi connectivity index (χ2v) is 8.15. The van der Waals surface area contributed by atoms with E-state index in [4.69, 9.17) is 32.7 Å². The number of anilines is 1. The number of carbonyl (C=O) groups excluding carboxylic acids is 2. The van der Waals surface area contributed by atoms with Gasteiger partial charge in [0.2, 0.25) is 0 Å². The molecule has 2 aromatic carbocycles. The minimum atomic E-state index is -1.01. The predicted octanol–water partition coefficient (Wildman–Crippen LogP) is 5.24. The third-order valence-corrected chi connectivity index (χ3v) is 4.49. The van der Waals surface area contributed by atoms with Crippen LogP contribution in [0.1, 0.15) is 33.3 Å². The Hall–Kier alpha value is -2.24. The Morgan fingerprint density at radius 2 is 1.71 bits per heavy atom. The third kappa shape index (κ3) is 6.43. The van der Waals surface area contributed by atoms with Crippen LogP contribution >= 0.6 is 23.2 Å². The molecule has 0 bridgehead atoms.